The lowest BCUT2D eigenvalue weighted by Gasteiger charge is -2.22. The molecule has 1 atom stereocenters. The van der Waals surface area contributed by atoms with Crippen molar-refractivity contribution in [2.24, 2.45) is 0 Å². The van der Waals surface area contributed by atoms with Gasteiger partial charge in [0.05, 0.1) is 24.1 Å². The number of ether oxygens (including phenoxy) is 4. The van der Waals surface area contributed by atoms with Crippen LogP contribution in [0.3, 0.4) is 0 Å². The van der Waals surface area contributed by atoms with Gasteiger partial charge in [0.15, 0.2) is 22.9 Å². The Balaban J connectivity index is 1.83. The number of methoxy groups -OCH3 is 1. The number of hydrogen-bond acceptors (Lipinski definition) is 8. The molecule has 1 aromatic carbocycles. The van der Waals surface area contributed by atoms with E-state index in [9.17, 15) is 9.59 Å². The second-order valence-electron chi connectivity index (χ2n) is 6.40. The number of rotatable bonds is 4. The second-order valence-corrected chi connectivity index (χ2v) is 6.40. The number of furan rings is 1. The number of carbonyl (C=O) groups is 1. The van der Waals surface area contributed by atoms with Gasteiger partial charge in [-0.2, -0.15) is 0 Å². The van der Waals surface area contributed by atoms with Gasteiger partial charge in [0.2, 0.25) is 5.75 Å². The van der Waals surface area contributed by atoms with Gasteiger partial charge in [-0.3, -0.25) is 0 Å². The van der Waals surface area contributed by atoms with Gasteiger partial charge in [-0.05, 0) is 26.0 Å². The first kappa shape index (κ1) is 16.3. The van der Waals surface area contributed by atoms with E-state index < -0.39 is 23.5 Å². The molecular weight excluding hydrogens is 344 g/mol. The quantitative estimate of drug-likeness (QED) is 0.517. The van der Waals surface area contributed by atoms with Gasteiger partial charge < -0.3 is 27.8 Å². The van der Waals surface area contributed by atoms with Crippen molar-refractivity contribution in [3.05, 3.63) is 34.9 Å². The molecule has 136 valence electrons. The summed E-state index contributed by atoms with van der Waals surface area (Å²) in [4.78, 5) is 23.1. The van der Waals surface area contributed by atoms with Crippen LogP contribution in [0.1, 0.15) is 13.8 Å². The van der Waals surface area contributed by atoms with Crippen LogP contribution in [0.4, 0.5) is 4.79 Å². The summed E-state index contributed by atoms with van der Waals surface area (Å²) >= 11 is 0. The summed E-state index contributed by atoms with van der Waals surface area (Å²) in [5.74, 6) is 0.744. The van der Waals surface area contributed by atoms with E-state index in [1.807, 2.05) is 0 Å². The summed E-state index contributed by atoms with van der Waals surface area (Å²) in [6.07, 6.45) is 0.102. The van der Waals surface area contributed by atoms with Gasteiger partial charge in [0.1, 0.15) is 12.4 Å². The number of carbonyl (C=O) groups excluding carboxylic acids is 1. The maximum atomic E-state index is 11.7. The predicted molar refractivity (Wildman–Crippen MR) is 89.7 cm³/mol. The molecule has 3 aromatic rings. The lowest BCUT2D eigenvalue weighted by atomic mass is 10.0. The maximum Gasteiger partial charge on any atom is 0.509 e. The Kier molecular flexibility index (Phi) is 3.57. The van der Waals surface area contributed by atoms with Gasteiger partial charge in [-0.1, -0.05) is 0 Å². The van der Waals surface area contributed by atoms with E-state index in [0.29, 0.717) is 22.1 Å². The summed E-state index contributed by atoms with van der Waals surface area (Å²) in [7, 11) is 1.52. The fourth-order valence-electron chi connectivity index (χ4n) is 2.98. The number of fused-ring (bicyclic) bond motifs is 2. The standard InChI is InChI=1S/C18H16O8/c1-18(2)11(24-17(20)26-18)8-23-16-14-10(6-7-22-14)13(21-3)9-4-5-12(19)25-15(9)16/h4-7,11H,8H2,1-3H3/t11-/m0/s1. The molecule has 0 spiro atoms. The molecule has 1 aliphatic heterocycles. The minimum absolute atomic E-state index is 0.00538. The molecule has 0 amide bonds. The van der Waals surface area contributed by atoms with Crippen LogP contribution in [-0.4, -0.2) is 31.6 Å². The van der Waals surface area contributed by atoms with Crippen LogP contribution < -0.4 is 15.1 Å². The number of hydrogen-bond donors (Lipinski definition) is 0. The Bertz CT molecular complexity index is 1060. The van der Waals surface area contributed by atoms with Crippen molar-refractivity contribution in [2.45, 2.75) is 25.6 Å². The van der Waals surface area contributed by atoms with E-state index in [1.165, 1.54) is 19.4 Å². The Morgan fingerprint density at radius 2 is 1.85 bits per heavy atom. The summed E-state index contributed by atoms with van der Waals surface area (Å²) in [5.41, 5.74) is -0.819. The summed E-state index contributed by atoms with van der Waals surface area (Å²) < 4.78 is 32.4. The highest BCUT2D eigenvalue weighted by molar-refractivity contribution is 6.06. The average Bonchev–Trinajstić information content (AvgIpc) is 3.15. The first-order valence-corrected chi connectivity index (χ1v) is 7.94. The van der Waals surface area contributed by atoms with E-state index in [0.717, 1.165) is 0 Å². The fraction of sp³-hybridized carbons (Fsp3) is 0.333. The lowest BCUT2D eigenvalue weighted by molar-refractivity contribution is 0.0392. The first-order valence-electron chi connectivity index (χ1n) is 7.94. The Morgan fingerprint density at radius 3 is 2.54 bits per heavy atom. The van der Waals surface area contributed by atoms with E-state index in [-0.39, 0.29) is 17.9 Å². The molecule has 1 fully saturated rings. The highest BCUT2D eigenvalue weighted by Crippen LogP contribution is 2.43. The molecule has 3 heterocycles. The Hall–Kier alpha value is -3.16. The molecule has 0 radical (unpaired) electrons. The predicted octanol–water partition coefficient (Wildman–Crippen LogP) is 3.24. The van der Waals surface area contributed by atoms with E-state index in [4.69, 9.17) is 27.8 Å². The van der Waals surface area contributed by atoms with Crippen molar-refractivity contribution < 1.29 is 32.6 Å². The van der Waals surface area contributed by atoms with Crippen molar-refractivity contribution in [3.63, 3.8) is 0 Å². The lowest BCUT2D eigenvalue weighted by Crippen LogP contribution is -2.37. The molecule has 1 saturated heterocycles. The molecule has 0 N–H and O–H groups in total. The smallest absolute Gasteiger partial charge is 0.495 e. The van der Waals surface area contributed by atoms with Gasteiger partial charge in [0, 0.05) is 6.07 Å². The largest absolute Gasteiger partial charge is 0.509 e. The highest BCUT2D eigenvalue weighted by atomic mass is 16.8. The van der Waals surface area contributed by atoms with Crippen molar-refractivity contribution >= 4 is 28.1 Å². The summed E-state index contributed by atoms with van der Waals surface area (Å²) in [6.45, 7) is 3.44. The van der Waals surface area contributed by atoms with Gasteiger partial charge in [-0.25, -0.2) is 9.59 Å². The van der Waals surface area contributed by atoms with Gasteiger partial charge >= 0.3 is 11.8 Å². The topological polar surface area (TPSA) is 97.3 Å². The van der Waals surface area contributed by atoms with Crippen LogP contribution in [0.15, 0.2) is 38.1 Å². The van der Waals surface area contributed by atoms with Crippen LogP contribution in [-0.2, 0) is 9.47 Å². The first-order chi connectivity index (χ1) is 12.4. The third-order valence-electron chi connectivity index (χ3n) is 4.34. The van der Waals surface area contributed by atoms with Crippen molar-refractivity contribution in [3.8, 4) is 11.5 Å². The molecule has 8 heteroatoms. The zero-order chi connectivity index (χ0) is 18.5. The fourth-order valence-corrected chi connectivity index (χ4v) is 2.98. The van der Waals surface area contributed by atoms with Crippen LogP contribution >= 0.6 is 0 Å². The Labute approximate surface area is 147 Å². The molecule has 8 nitrogen and oxygen atoms in total. The molecule has 0 unspecified atom stereocenters. The summed E-state index contributed by atoms with van der Waals surface area (Å²) in [6, 6.07) is 4.63. The molecule has 26 heavy (non-hydrogen) atoms. The van der Waals surface area contributed by atoms with Crippen LogP contribution in [0.2, 0.25) is 0 Å². The zero-order valence-corrected chi connectivity index (χ0v) is 14.4. The molecule has 1 aliphatic rings. The van der Waals surface area contributed by atoms with Gasteiger partial charge in [0.25, 0.3) is 0 Å². The minimum atomic E-state index is -0.845. The van der Waals surface area contributed by atoms with Crippen LogP contribution in [0.5, 0.6) is 11.5 Å². The third-order valence-corrected chi connectivity index (χ3v) is 4.34. The molecule has 0 saturated carbocycles. The van der Waals surface area contributed by atoms with E-state index >= 15 is 0 Å². The summed E-state index contributed by atoms with van der Waals surface area (Å²) in [5, 5.41) is 1.23. The second kappa shape index (κ2) is 5.69. The average molecular weight is 360 g/mol. The highest BCUT2D eigenvalue weighted by Gasteiger charge is 2.44. The van der Waals surface area contributed by atoms with Gasteiger partial charge in [-0.15, -0.1) is 0 Å². The van der Waals surface area contributed by atoms with Crippen molar-refractivity contribution in [2.75, 3.05) is 13.7 Å². The zero-order valence-electron chi connectivity index (χ0n) is 14.4. The third kappa shape index (κ3) is 2.45. The number of benzene rings is 1. The van der Waals surface area contributed by atoms with E-state index in [1.54, 1.807) is 26.0 Å². The Morgan fingerprint density at radius 1 is 1.08 bits per heavy atom. The monoisotopic (exact) mass is 360 g/mol. The van der Waals surface area contributed by atoms with Crippen LogP contribution in [0.25, 0.3) is 21.9 Å². The molecule has 4 rings (SSSR count). The van der Waals surface area contributed by atoms with E-state index in [2.05, 4.69) is 0 Å². The normalized spacial score (nSPS) is 18.7. The molecule has 2 aromatic heterocycles. The number of cyclic esters (lactones) is 2. The SMILES string of the molecule is COc1c2ccoc2c(OC[C@@H]2OC(=O)OC2(C)C)c2oc(=O)ccc12. The molecular formula is C18H16O8. The molecule has 0 aliphatic carbocycles. The van der Waals surface area contributed by atoms with Crippen LogP contribution in [0, 0.1) is 0 Å². The molecule has 0 bridgehead atoms. The maximum absolute atomic E-state index is 11.7. The minimum Gasteiger partial charge on any atom is -0.495 e. The van der Waals surface area contributed by atoms with Crippen molar-refractivity contribution in [1.29, 1.82) is 0 Å². The van der Waals surface area contributed by atoms with Crippen molar-refractivity contribution in [1.82, 2.24) is 0 Å².